The van der Waals surface area contributed by atoms with Gasteiger partial charge in [0, 0.05) is 12.1 Å². The number of ether oxygens (including phenoxy) is 3. The molecule has 11 heteroatoms. The first-order valence-electron chi connectivity index (χ1n) is 11.6. The zero-order valence-electron chi connectivity index (χ0n) is 20.2. The van der Waals surface area contributed by atoms with E-state index in [9.17, 15) is 14.4 Å². The van der Waals surface area contributed by atoms with Crippen molar-refractivity contribution in [3.05, 3.63) is 77.9 Å². The third kappa shape index (κ3) is 5.57. The van der Waals surface area contributed by atoms with Crippen molar-refractivity contribution in [2.24, 2.45) is 4.99 Å². The van der Waals surface area contributed by atoms with Crippen LogP contribution in [0.2, 0.25) is 0 Å². The van der Waals surface area contributed by atoms with Crippen LogP contribution < -0.4 is 19.5 Å². The lowest BCUT2D eigenvalue weighted by atomic mass is 10.1. The molecule has 2 heterocycles. The van der Waals surface area contributed by atoms with E-state index in [-0.39, 0.29) is 37.1 Å². The molecular weight excluding hydrogens is 510 g/mol. The van der Waals surface area contributed by atoms with Crippen LogP contribution in [0.1, 0.15) is 22.3 Å². The molecule has 0 saturated carbocycles. The summed E-state index contributed by atoms with van der Waals surface area (Å²) in [6.07, 6.45) is -0.0319. The minimum absolute atomic E-state index is 0.0319. The van der Waals surface area contributed by atoms with E-state index in [4.69, 9.17) is 24.3 Å². The van der Waals surface area contributed by atoms with Gasteiger partial charge in [0.2, 0.25) is 18.6 Å². The summed E-state index contributed by atoms with van der Waals surface area (Å²) in [6.45, 7) is 0.389. The monoisotopic (exact) mass is 533 g/mol. The molecule has 0 bridgehead atoms. The van der Waals surface area contributed by atoms with Crippen molar-refractivity contribution in [3.8, 4) is 17.2 Å². The summed E-state index contributed by atoms with van der Waals surface area (Å²) in [6, 6.07) is 18.4. The number of amidine groups is 1. The number of hydrogen-bond donors (Lipinski definition) is 2. The van der Waals surface area contributed by atoms with E-state index in [0.29, 0.717) is 33.8 Å². The Balaban J connectivity index is 1.38. The number of amides is 2. The molecule has 1 fully saturated rings. The number of carboxylic acid groups (broad SMARTS) is 1. The zero-order valence-corrected chi connectivity index (χ0v) is 21.1. The summed E-state index contributed by atoms with van der Waals surface area (Å²) in [7, 11) is 1.57. The van der Waals surface area contributed by atoms with E-state index in [1.165, 1.54) is 36.0 Å². The summed E-state index contributed by atoms with van der Waals surface area (Å²) in [5, 5.41) is 11.5. The number of rotatable bonds is 7. The van der Waals surface area contributed by atoms with E-state index in [2.05, 4.69) is 5.32 Å². The number of hydrogen-bond acceptors (Lipinski definition) is 8. The van der Waals surface area contributed by atoms with Gasteiger partial charge in [-0.1, -0.05) is 17.8 Å². The lowest BCUT2D eigenvalue weighted by Gasteiger charge is -2.32. The average molecular weight is 534 g/mol. The molecule has 0 aromatic heterocycles. The second-order valence-electron chi connectivity index (χ2n) is 8.44. The molecular formula is C27H23N3O7S. The lowest BCUT2D eigenvalue weighted by molar-refractivity contribution is -0.129. The van der Waals surface area contributed by atoms with Crippen molar-refractivity contribution in [3.63, 3.8) is 0 Å². The molecule has 0 spiro atoms. The molecule has 1 atom stereocenters. The molecule has 5 rings (SSSR count). The van der Waals surface area contributed by atoms with Crippen molar-refractivity contribution < 1.29 is 33.7 Å². The highest BCUT2D eigenvalue weighted by Crippen LogP contribution is 2.35. The number of carboxylic acids is 1. The number of aromatic carboxylic acids is 1. The third-order valence-electron chi connectivity index (χ3n) is 5.91. The Kier molecular flexibility index (Phi) is 7.18. The van der Waals surface area contributed by atoms with Crippen molar-refractivity contribution in [1.29, 1.82) is 0 Å². The second kappa shape index (κ2) is 10.9. The van der Waals surface area contributed by atoms with Gasteiger partial charge in [-0.25, -0.2) is 9.79 Å². The van der Waals surface area contributed by atoms with Crippen molar-refractivity contribution in [2.75, 3.05) is 19.2 Å². The molecule has 2 aliphatic heterocycles. The molecule has 2 aliphatic rings. The van der Waals surface area contributed by atoms with Crippen LogP contribution in [-0.2, 0) is 16.1 Å². The maximum atomic E-state index is 13.3. The summed E-state index contributed by atoms with van der Waals surface area (Å²) in [5.74, 6) is 0.238. The van der Waals surface area contributed by atoms with Crippen LogP contribution in [0.25, 0.3) is 0 Å². The van der Waals surface area contributed by atoms with Gasteiger partial charge in [0.25, 0.3) is 0 Å². The molecule has 2 N–H and O–H groups in total. The van der Waals surface area contributed by atoms with Gasteiger partial charge in [-0.05, 0) is 66.2 Å². The Morgan fingerprint density at radius 1 is 1.08 bits per heavy atom. The number of thioether (sulfide) groups is 1. The average Bonchev–Trinajstić information content (AvgIpc) is 3.39. The Bertz CT molecular complexity index is 1410. The number of methoxy groups -OCH3 is 1. The Labute approximate surface area is 222 Å². The molecule has 0 aliphatic carbocycles. The molecule has 1 unspecified atom stereocenters. The molecule has 2 amide bonds. The van der Waals surface area contributed by atoms with Gasteiger partial charge < -0.3 is 24.6 Å². The van der Waals surface area contributed by atoms with Crippen LogP contribution in [0.3, 0.4) is 0 Å². The largest absolute Gasteiger partial charge is 0.497 e. The summed E-state index contributed by atoms with van der Waals surface area (Å²) < 4.78 is 16.1. The Morgan fingerprint density at radius 2 is 1.82 bits per heavy atom. The third-order valence-corrected chi connectivity index (χ3v) is 7.09. The molecule has 10 nitrogen and oxygen atoms in total. The van der Waals surface area contributed by atoms with E-state index in [1.807, 2.05) is 12.1 Å². The van der Waals surface area contributed by atoms with Gasteiger partial charge in [-0.3, -0.25) is 14.5 Å². The number of nitrogens with zero attached hydrogens (tertiary/aromatic N) is 2. The first-order valence-corrected chi connectivity index (χ1v) is 12.5. The second-order valence-corrected chi connectivity index (χ2v) is 9.61. The highest BCUT2D eigenvalue weighted by Gasteiger charge is 2.36. The maximum Gasteiger partial charge on any atom is 0.335 e. The van der Waals surface area contributed by atoms with Crippen LogP contribution in [0.15, 0.2) is 71.7 Å². The number of carbonyl (C=O) groups excluding carboxylic acids is 2. The minimum Gasteiger partial charge on any atom is -0.497 e. The van der Waals surface area contributed by atoms with Crippen LogP contribution >= 0.6 is 11.8 Å². The van der Waals surface area contributed by atoms with Crippen molar-refractivity contribution in [2.45, 2.75) is 18.2 Å². The normalized spacial score (nSPS) is 17.4. The van der Waals surface area contributed by atoms with Crippen molar-refractivity contribution in [1.82, 2.24) is 4.90 Å². The fourth-order valence-corrected chi connectivity index (χ4v) is 5.00. The highest BCUT2D eigenvalue weighted by atomic mass is 32.2. The molecule has 38 heavy (non-hydrogen) atoms. The van der Waals surface area contributed by atoms with Crippen LogP contribution in [-0.4, -0.2) is 52.1 Å². The number of fused-ring (bicyclic) bond motifs is 1. The smallest absolute Gasteiger partial charge is 0.335 e. The van der Waals surface area contributed by atoms with E-state index in [0.717, 1.165) is 5.56 Å². The number of benzene rings is 3. The van der Waals surface area contributed by atoms with Gasteiger partial charge in [-0.15, -0.1) is 0 Å². The molecule has 1 saturated heterocycles. The van der Waals surface area contributed by atoms with Gasteiger partial charge >= 0.3 is 5.97 Å². The maximum absolute atomic E-state index is 13.3. The van der Waals surface area contributed by atoms with Crippen LogP contribution in [0.5, 0.6) is 17.2 Å². The van der Waals surface area contributed by atoms with E-state index >= 15 is 0 Å². The standard InChI is InChI=1S/C27H23N3O7S/c1-35-20-9-7-19(8-10-20)29-27-30(14-16-2-11-21-22(12-16)37-15-36-21)24(31)13-23(38-27)25(32)28-18-5-3-17(4-6-18)26(33)34/h2-12,23H,13-15H2,1H3,(H,28,32)(H,33,34). The zero-order chi connectivity index (χ0) is 26.6. The molecule has 194 valence electrons. The number of nitrogens with one attached hydrogen (secondary N) is 1. The van der Waals surface area contributed by atoms with Crippen molar-refractivity contribution >= 4 is 46.1 Å². The SMILES string of the molecule is COc1ccc(N=C2SC(C(=O)Nc3ccc(C(=O)O)cc3)CC(=O)N2Cc2ccc3c(c2)OCO3)cc1. The summed E-state index contributed by atoms with van der Waals surface area (Å²) in [4.78, 5) is 43.8. The van der Waals surface area contributed by atoms with Crippen LogP contribution in [0.4, 0.5) is 11.4 Å². The van der Waals surface area contributed by atoms with Gasteiger partial charge in [0.15, 0.2) is 16.7 Å². The fraction of sp³-hybridized carbons (Fsp3) is 0.185. The summed E-state index contributed by atoms with van der Waals surface area (Å²) >= 11 is 1.19. The predicted molar refractivity (Wildman–Crippen MR) is 141 cm³/mol. The first kappa shape index (κ1) is 25.2. The predicted octanol–water partition coefficient (Wildman–Crippen LogP) is 4.28. The van der Waals surface area contributed by atoms with Gasteiger partial charge in [0.05, 0.1) is 24.9 Å². The number of carbonyl (C=O) groups is 3. The lowest BCUT2D eigenvalue weighted by Crippen LogP contribution is -2.44. The Morgan fingerprint density at radius 3 is 2.53 bits per heavy atom. The van der Waals surface area contributed by atoms with Crippen LogP contribution in [0, 0.1) is 0 Å². The minimum atomic E-state index is -1.06. The number of anilines is 1. The fourth-order valence-electron chi connectivity index (χ4n) is 3.90. The van der Waals surface area contributed by atoms with Gasteiger partial charge in [-0.2, -0.15) is 0 Å². The quantitative estimate of drug-likeness (QED) is 0.461. The number of aliphatic imine (C=N–C) groups is 1. The highest BCUT2D eigenvalue weighted by molar-refractivity contribution is 8.15. The molecule has 0 radical (unpaired) electrons. The first-order chi connectivity index (χ1) is 18.4. The van der Waals surface area contributed by atoms with Gasteiger partial charge in [0.1, 0.15) is 11.0 Å². The molecule has 3 aromatic rings. The summed E-state index contributed by atoms with van der Waals surface area (Å²) in [5.41, 5.74) is 1.97. The molecule has 3 aromatic carbocycles. The van der Waals surface area contributed by atoms with E-state index in [1.54, 1.807) is 42.3 Å². The van der Waals surface area contributed by atoms with E-state index < -0.39 is 11.2 Å². The Hall–Kier alpha value is -4.51. The topological polar surface area (TPSA) is 127 Å².